The Labute approximate surface area is 380 Å². The van der Waals surface area contributed by atoms with Crippen LogP contribution in [0, 0.1) is 0 Å². The maximum absolute atomic E-state index is 6.35. The fraction of sp³-hybridized carbons (Fsp3) is 0.0517. The van der Waals surface area contributed by atoms with E-state index in [0.717, 1.165) is 61.6 Å². The van der Waals surface area contributed by atoms with E-state index in [1.165, 1.54) is 35.8 Å². The summed E-state index contributed by atoms with van der Waals surface area (Å²) in [6.07, 6.45) is 6.41. The van der Waals surface area contributed by atoms with Crippen molar-refractivity contribution >= 4 is 72.5 Å². The molecule has 5 nitrogen and oxygen atoms in total. The highest BCUT2D eigenvalue weighted by Crippen LogP contribution is 2.68. The Morgan fingerprint density at radius 1 is 0.492 bits per heavy atom. The molecule has 0 spiro atoms. The van der Waals surface area contributed by atoms with Gasteiger partial charge in [-0.1, -0.05) is 147 Å². The van der Waals surface area contributed by atoms with Crippen molar-refractivity contribution in [1.82, 2.24) is 18.5 Å². The minimum absolute atomic E-state index is 0.870. The first-order valence-electron chi connectivity index (χ1n) is 22.3. The minimum Gasteiger partial charge on any atom is -0.439 e. The Morgan fingerprint density at radius 2 is 1.06 bits per heavy atom. The van der Waals surface area contributed by atoms with Crippen LogP contribution in [-0.2, 0) is 0 Å². The fourth-order valence-corrected chi connectivity index (χ4v) is 17.4. The third-order valence-electron chi connectivity index (χ3n) is 13.6. The first-order valence-corrected chi connectivity index (χ1v) is 26.6. The van der Waals surface area contributed by atoms with Crippen LogP contribution in [-0.4, -0.2) is 32.3 Å². The van der Waals surface area contributed by atoms with Crippen molar-refractivity contribution in [3.63, 3.8) is 0 Å². The van der Waals surface area contributed by atoms with E-state index in [1.54, 1.807) is 0 Å². The van der Waals surface area contributed by atoms with Crippen LogP contribution in [0.4, 0.5) is 0 Å². The van der Waals surface area contributed by atoms with Crippen molar-refractivity contribution < 1.29 is 4.42 Å². The lowest BCUT2D eigenvalue weighted by atomic mass is 10.0. The predicted molar refractivity (Wildman–Crippen MR) is 273 cm³/mol. The summed E-state index contributed by atoms with van der Waals surface area (Å²) in [5.41, 5.74) is 8.35. The molecule has 4 heterocycles. The molecule has 65 heavy (non-hydrogen) atoms. The lowest BCUT2D eigenvalue weighted by Gasteiger charge is -2.41. The molecule has 0 saturated carbocycles. The normalized spacial score (nSPS) is 13.4. The first kappa shape index (κ1) is 39.0. The Hall–Kier alpha value is -7.58. The molecule has 0 aliphatic carbocycles. The number of furan rings is 1. The fourth-order valence-electron chi connectivity index (χ4n) is 10.2. The molecule has 7 heteroatoms. The summed E-state index contributed by atoms with van der Waals surface area (Å²) in [6, 6.07) is 77.7. The van der Waals surface area contributed by atoms with Crippen LogP contribution >= 0.6 is 10.0 Å². The molecule has 0 N–H and O–H groups in total. The monoisotopic (exact) mass is 874 g/mol. The largest absolute Gasteiger partial charge is 0.439 e. The summed E-state index contributed by atoms with van der Waals surface area (Å²) in [7, 11) is -3.83. The molecule has 0 saturated heterocycles. The van der Waals surface area contributed by atoms with E-state index in [2.05, 4.69) is 246 Å². The SMILES string of the molecule is CCS(c1ccccc1)(c1ccc(-c2cccc3nc4n(-c5ccc([Si](C)(c6ccccc6)c6ccccc6)cc5)ccn4c23)cc1)c1ccc(-n2ccc3c4ccccc4oc32)cc1. The second-order valence-corrected chi connectivity index (χ2v) is 24.3. The van der Waals surface area contributed by atoms with Gasteiger partial charge in [0.15, 0.2) is 0 Å². The zero-order valence-electron chi connectivity index (χ0n) is 36.3. The molecule has 4 aromatic heterocycles. The smallest absolute Gasteiger partial charge is 0.219 e. The van der Waals surface area contributed by atoms with Gasteiger partial charge in [0.1, 0.15) is 13.7 Å². The highest BCUT2D eigenvalue weighted by Gasteiger charge is 2.34. The molecular formula is C58H46N4OSSi. The van der Waals surface area contributed by atoms with Gasteiger partial charge in [0.05, 0.1) is 11.0 Å². The van der Waals surface area contributed by atoms with Crippen LogP contribution in [0.5, 0.6) is 0 Å². The van der Waals surface area contributed by atoms with Crippen LogP contribution in [0.1, 0.15) is 6.92 Å². The molecule has 0 aliphatic rings. The average Bonchev–Trinajstić information content (AvgIpc) is 4.17. The summed E-state index contributed by atoms with van der Waals surface area (Å²) in [5.74, 6) is 1.87. The molecule has 0 aliphatic heterocycles. The number of benzene rings is 8. The van der Waals surface area contributed by atoms with E-state index >= 15 is 0 Å². The topological polar surface area (TPSA) is 40.3 Å². The Kier molecular flexibility index (Phi) is 9.36. The third-order valence-corrected chi connectivity index (χ3v) is 22.1. The number of para-hydroxylation sites is 2. The van der Waals surface area contributed by atoms with Crippen LogP contribution in [0.3, 0.4) is 0 Å². The predicted octanol–water partition coefficient (Wildman–Crippen LogP) is 13.0. The number of aromatic nitrogens is 4. The quantitative estimate of drug-likeness (QED) is 0.101. The van der Waals surface area contributed by atoms with Crippen molar-refractivity contribution in [3.8, 4) is 22.5 Å². The zero-order chi connectivity index (χ0) is 43.5. The van der Waals surface area contributed by atoms with E-state index in [9.17, 15) is 0 Å². The maximum atomic E-state index is 6.35. The van der Waals surface area contributed by atoms with Gasteiger partial charge < -0.3 is 4.42 Å². The van der Waals surface area contributed by atoms with Crippen LogP contribution in [0.25, 0.3) is 61.4 Å². The number of hydrogen-bond donors (Lipinski definition) is 0. The van der Waals surface area contributed by atoms with Crippen LogP contribution in [0.15, 0.2) is 250 Å². The van der Waals surface area contributed by atoms with E-state index in [1.807, 2.05) is 12.1 Å². The molecule has 0 amide bonds. The number of rotatable bonds is 10. The Morgan fingerprint density at radius 3 is 1.74 bits per heavy atom. The van der Waals surface area contributed by atoms with E-state index in [0.29, 0.717) is 0 Å². The van der Waals surface area contributed by atoms with Gasteiger partial charge in [0.2, 0.25) is 11.5 Å². The Bertz CT molecular complexity index is 3590. The number of nitrogens with zero attached hydrogens (tertiary/aromatic N) is 4. The van der Waals surface area contributed by atoms with Gasteiger partial charge in [-0.25, -0.2) is 4.98 Å². The molecule has 314 valence electrons. The Balaban J connectivity index is 0.896. The van der Waals surface area contributed by atoms with Gasteiger partial charge in [0.25, 0.3) is 0 Å². The van der Waals surface area contributed by atoms with Gasteiger partial charge in [-0.05, 0) is 120 Å². The summed E-state index contributed by atoms with van der Waals surface area (Å²) >= 11 is 0. The van der Waals surface area contributed by atoms with Crippen molar-refractivity contribution in [2.24, 2.45) is 0 Å². The van der Waals surface area contributed by atoms with Gasteiger partial charge >= 0.3 is 0 Å². The highest BCUT2D eigenvalue weighted by molar-refractivity contribution is 8.33. The van der Waals surface area contributed by atoms with Gasteiger partial charge in [0, 0.05) is 46.3 Å². The zero-order valence-corrected chi connectivity index (χ0v) is 38.1. The molecule has 0 fully saturated rings. The lowest BCUT2D eigenvalue weighted by molar-refractivity contribution is 0.643. The molecule has 12 aromatic rings. The molecule has 1 unspecified atom stereocenters. The highest BCUT2D eigenvalue weighted by atomic mass is 32.3. The molecule has 1 atom stereocenters. The number of imidazole rings is 2. The van der Waals surface area contributed by atoms with Crippen molar-refractivity contribution in [1.29, 1.82) is 0 Å². The molecular weight excluding hydrogens is 829 g/mol. The summed E-state index contributed by atoms with van der Waals surface area (Å²) < 4.78 is 13.0. The molecule has 0 bridgehead atoms. The number of fused-ring (bicyclic) bond motifs is 6. The van der Waals surface area contributed by atoms with Crippen molar-refractivity contribution in [3.05, 3.63) is 231 Å². The van der Waals surface area contributed by atoms with Gasteiger partial charge in [-0.15, -0.1) is 0 Å². The van der Waals surface area contributed by atoms with Crippen molar-refractivity contribution in [2.45, 2.75) is 28.2 Å². The second-order valence-electron chi connectivity index (χ2n) is 16.9. The molecule has 0 radical (unpaired) electrons. The third kappa shape index (κ3) is 6.18. The van der Waals surface area contributed by atoms with Gasteiger partial charge in [-0.3, -0.25) is 13.5 Å². The number of hydrogen-bond acceptors (Lipinski definition) is 2. The standard InChI is InChI=1S/C58H46N4OSSi/c1-3-64(45-16-7-4-8-17-45,47-34-28-43(29-35-47)60-39-38-53-52-22-13-14-25-55(52)63-57(53)60)46-32-26-42(27-33-46)51-23-15-24-54-56(51)62-41-40-61(58(62)59-54)44-30-36-50(37-31-44)65(2,48-18-9-5-10-19-48)49-20-11-6-12-21-49/h4-41H,3H2,1-2H3. The van der Waals surface area contributed by atoms with Crippen LogP contribution in [0.2, 0.25) is 6.55 Å². The van der Waals surface area contributed by atoms with E-state index in [-0.39, 0.29) is 0 Å². The summed E-state index contributed by atoms with van der Waals surface area (Å²) in [4.78, 5) is 9.26. The summed E-state index contributed by atoms with van der Waals surface area (Å²) in [6.45, 7) is 4.80. The lowest BCUT2D eigenvalue weighted by Crippen LogP contribution is -2.64. The summed E-state index contributed by atoms with van der Waals surface area (Å²) in [5, 5.41) is 6.45. The molecule has 12 rings (SSSR count). The maximum Gasteiger partial charge on any atom is 0.219 e. The van der Waals surface area contributed by atoms with E-state index in [4.69, 9.17) is 9.40 Å². The first-order chi connectivity index (χ1) is 32.0. The van der Waals surface area contributed by atoms with Crippen LogP contribution < -0.4 is 15.6 Å². The second kappa shape index (κ2) is 15.6. The van der Waals surface area contributed by atoms with Gasteiger partial charge in [-0.2, -0.15) is 10.0 Å². The van der Waals surface area contributed by atoms with E-state index < -0.39 is 18.1 Å². The van der Waals surface area contributed by atoms with Crippen molar-refractivity contribution in [2.75, 3.05) is 5.75 Å². The molecule has 8 aromatic carbocycles. The average molecular weight is 875 g/mol. The minimum atomic E-state index is -2.23.